The summed E-state index contributed by atoms with van der Waals surface area (Å²) in [7, 11) is 5.83. The molecule has 0 aliphatic rings. The predicted molar refractivity (Wildman–Crippen MR) is 49.3 cm³/mol. The molecule has 0 amide bonds. The molecule has 76 valence electrons. The van der Waals surface area contributed by atoms with Gasteiger partial charge >= 0.3 is 5.97 Å². The first-order chi connectivity index (χ1) is 5.72. The second-order valence-corrected chi connectivity index (χ2v) is 4.38. The van der Waals surface area contributed by atoms with Crippen molar-refractivity contribution >= 4 is 11.8 Å². The maximum Gasteiger partial charge on any atom is 0.304 e. The number of ketones is 1. The molecular weight excluding hydrogens is 170 g/mol. The number of quaternary nitrogens is 1. The fraction of sp³-hybridized carbons (Fsp3) is 0.778. The molecule has 0 saturated heterocycles. The Morgan fingerprint density at radius 1 is 1.31 bits per heavy atom. The van der Waals surface area contributed by atoms with E-state index in [1.807, 2.05) is 21.1 Å². The van der Waals surface area contributed by atoms with Crippen LogP contribution >= 0.6 is 0 Å². The van der Waals surface area contributed by atoms with E-state index in [0.29, 0.717) is 11.0 Å². The number of nitrogens with zero attached hydrogens (tertiary/aromatic N) is 1. The van der Waals surface area contributed by atoms with Gasteiger partial charge in [0.15, 0.2) is 0 Å². The Balaban J connectivity index is 4.27. The van der Waals surface area contributed by atoms with E-state index in [0.717, 1.165) is 0 Å². The number of carbonyl (C=O) groups excluding carboxylic acids is 1. The summed E-state index contributed by atoms with van der Waals surface area (Å²) in [4.78, 5) is 21.5. The van der Waals surface area contributed by atoms with Crippen LogP contribution in [0.4, 0.5) is 0 Å². The largest absolute Gasteiger partial charge is 0.481 e. The Morgan fingerprint density at radius 2 is 1.77 bits per heavy atom. The van der Waals surface area contributed by atoms with Crippen LogP contribution in [0.15, 0.2) is 0 Å². The van der Waals surface area contributed by atoms with Crippen molar-refractivity contribution in [1.82, 2.24) is 0 Å². The van der Waals surface area contributed by atoms with Crippen LogP contribution in [-0.4, -0.2) is 49.0 Å². The molecule has 0 aliphatic heterocycles. The molecule has 0 fully saturated rings. The van der Waals surface area contributed by atoms with Gasteiger partial charge in [0.05, 0.1) is 40.0 Å². The Morgan fingerprint density at radius 3 is 2.00 bits per heavy atom. The summed E-state index contributed by atoms with van der Waals surface area (Å²) in [5.74, 6) is -1.32. The molecule has 0 spiro atoms. The van der Waals surface area contributed by atoms with Gasteiger partial charge < -0.3 is 9.59 Å². The zero-order valence-electron chi connectivity index (χ0n) is 8.70. The first kappa shape index (κ1) is 12.1. The van der Waals surface area contributed by atoms with Crippen molar-refractivity contribution in [2.75, 3.05) is 27.7 Å². The number of hydrogen-bond acceptors (Lipinski definition) is 2. The van der Waals surface area contributed by atoms with E-state index in [1.54, 1.807) is 0 Å². The predicted octanol–water partition coefficient (Wildman–Crippen LogP) is 0.372. The zero-order chi connectivity index (χ0) is 10.6. The average Bonchev–Trinajstić information content (AvgIpc) is 1.81. The van der Waals surface area contributed by atoms with Crippen molar-refractivity contribution in [2.24, 2.45) is 5.92 Å². The summed E-state index contributed by atoms with van der Waals surface area (Å²) in [6.45, 7) is 2.02. The Kier molecular flexibility index (Phi) is 4.07. The highest BCUT2D eigenvalue weighted by atomic mass is 16.4. The average molecular weight is 188 g/mol. The number of carboxylic acids is 1. The smallest absolute Gasteiger partial charge is 0.304 e. The molecule has 0 aromatic carbocycles. The molecule has 13 heavy (non-hydrogen) atoms. The first-order valence-corrected chi connectivity index (χ1v) is 4.25. The minimum absolute atomic E-state index is 0.0459. The molecule has 4 heteroatoms. The standard InChI is InChI=1S/C9H17NO3/c1-7(11)8(5-9(12)13)6-10(2,3)4/h8H,5-6H2,1-4H3/p+1/t8-/m1/s1. The number of aliphatic carboxylic acids is 1. The van der Waals surface area contributed by atoms with Gasteiger partial charge in [0, 0.05) is 0 Å². The minimum Gasteiger partial charge on any atom is -0.481 e. The van der Waals surface area contributed by atoms with Crippen LogP contribution in [0.2, 0.25) is 0 Å². The zero-order valence-corrected chi connectivity index (χ0v) is 8.70. The van der Waals surface area contributed by atoms with Crippen LogP contribution in [0, 0.1) is 5.92 Å². The molecule has 1 atom stereocenters. The normalized spacial score (nSPS) is 13.8. The molecule has 4 nitrogen and oxygen atoms in total. The second kappa shape index (κ2) is 4.37. The van der Waals surface area contributed by atoms with Crippen molar-refractivity contribution in [3.05, 3.63) is 0 Å². The van der Waals surface area contributed by atoms with Crippen molar-refractivity contribution in [2.45, 2.75) is 13.3 Å². The summed E-state index contributed by atoms with van der Waals surface area (Å²) < 4.78 is 0.609. The number of carboxylic acid groups (broad SMARTS) is 1. The third-order valence-corrected chi connectivity index (χ3v) is 1.76. The van der Waals surface area contributed by atoms with Crippen molar-refractivity contribution in [3.63, 3.8) is 0 Å². The van der Waals surface area contributed by atoms with E-state index in [-0.39, 0.29) is 18.1 Å². The van der Waals surface area contributed by atoms with Gasteiger partial charge in [0.2, 0.25) is 0 Å². The summed E-state index contributed by atoms with van der Waals surface area (Å²) in [5, 5.41) is 8.57. The quantitative estimate of drug-likeness (QED) is 0.634. The van der Waals surface area contributed by atoms with E-state index >= 15 is 0 Å². The van der Waals surface area contributed by atoms with Crippen molar-refractivity contribution in [3.8, 4) is 0 Å². The van der Waals surface area contributed by atoms with Gasteiger partial charge in [-0.25, -0.2) is 0 Å². The van der Waals surface area contributed by atoms with Crippen molar-refractivity contribution in [1.29, 1.82) is 0 Å². The fourth-order valence-electron chi connectivity index (χ4n) is 1.21. The van der Waals surface area contributed by atoms with Crippen LogP contribution in [0.25, 0.3) is 0 Å². The minimum atomic E-state index is -0.909. The van der Waals surface area contributed by atoms with Gasteiger partial charge in [0.25, 0.3) is 0 Å². The van der Waals surface area contributed by atoms with Gasteiger partial charge in [-0.15, -0.1) is 0 Å². The second-order valence-electron chi connectivity index (χ2n) is 4.38. The lowest BCUT2D eigenvalue weighted by Gasteiger charge is -2.27. The van der Waals surface area contributed by atoms with E-state index < -0.39 is 5.97 Å². The molecule has 0 aromatic rings. The maximum absolute atomic E-state index is 11.1. The highest BCUT2D eigenvalue weighted by Crippen LogP contribution is 2.09. The Hall–Kier alpha value is -0.900. The van der Waals surface area contributed by atoms with Gasteiger partial charge in [-0.2, -0.15) is 0 Å². The fourth-order valence-corrected chi connectivity index (χ4v) is 1.21. The van der Waals surface area contributed by atoms with E-state index in [1.165, 1.54) is 6.92 Å². The molecule has 0 heterocycles. The monoisotopic (exact) mass is 188 g/mol. The third kappa shape index (κ3) is 6.28. The van der Waals surface area contributed by atoms with Crippen LogP contribution in [0.5, 0.6) is 0 Å². The van der Waals surface area contributed by atoms with E-state index in [2.05, 4.69) is 0 Å². The number of rotatable bonds is 5. The Bertz CT molecular complexity index is 205. The first-order valence-electron chi connectivity index (χ1n) is 4.25. The highest BCUT2D eigenvalue weighted by molar-refractivity contribution is 5.82. The number of carbonyl (C=O) groups is 2. The van der Waals surface area contributed by atoms with Crippen LogP contribution in [0.1, 0.15) is 13.3 Å². The van der Waals surface area contributed by atoms with Gasteiger partial charge in [-0.3, -0.25) is 9.59 Å². The molecule has 0 bridgehead atoms. The highest BCUT2D eigenvalue weighted by Gasteiger charge is 2.24. The molecule has 0 radical (unpaired) electrons. The van der Waals surface area contributed by atoms with Gasteiger partial charge in [-0.1, -0.05) is 0 Å². The molecule has 0 aliphatic carbocycles. The van der Waals surface area contributed by atoms with Gasteiger partial charge in [-0.05, 0) is 6.92 Å². The number of Topliss-reactive ketones (excluding diaryl/α,β-unsaturated/α-hetero) is 1. The summed E-state index contributed by atoms with van der Waals surface area (Å²) >= 11 is 0. The molecule has 1 N–H and O–H groups in total. The van der Waals surface area contributed by atoms with Crippen molar-refractivity contribution < 1.29 is 19.2 Å². The Labute approximate surface area is 78.7 Å². The summed E-state index contributed by atoms with van der Waals surface area (Å²) in [5.41, 5.74) is 0. The SMILES string of the molecule is CC(=O)[C@H](CC(=O)O)C[N+](C)(C)C. The topological polar surface area (TPSA) is 54.4 Å². The van der Waals surface area contributed by atoms with E-state index in [9.17, 15) is 9.59 Å². The summed E-state index contributed by atoms with van der Waals surface area (Å²) in [6, 6.07) is 0. The van der Waals surface area contributed by atoms with E-state index in [4.69, 9.17) is 5.11 Å². The summed E-state index contributed by atoms with van der Waals surface area (Å²) in [6.07, 6.45) is -0.0646. The molecule has 0 unspecified atom stereocenters. The number of hydrogen-bond donors (Lipinski definition) is 1. The van der Waals surface area contributed by atoms with Crippen LogP contribution in [-0.2, 0) is 9.59 Å². The molecule has 0 rings (SSSR count). The molecular formula is C9H18NO3+. The maximum atomic E-state index is 11.1. The lowest BCUT2D eigenvalue weighted by molar-refractivity contribution is -0.872. The van der Waals surface area contributed by atoms with Crippen LogP contribution < -0.4 is 0 Å². The molecule has 0 aromatic heterocycles. The molecule has 0 saturated carbocycles. The van der Waals surface area contributed by atoms with Gasteiger partial charge in [0.1, 0.15) is 5.78 Å². The third-order valence-electron chi connectivity index (χ3n) is 1.76. The lowest BCUT2D eigenvalue weighted by Crippen LogP contribution is -2.41. The van der Waals surface area contributed by atoms with Crippen LogP contribution in [0.3, 0.4) is 0 Å². The lowest BCUT2D eigenvalue weighted by atomic mass is 10.0.